The molecule has 0 aliphatic heterocycles. The van der Waals surface area contributed by atoms with Gasteiger partial charge >= 0.3 is 5.97 Å². The van der Waals surface area contributed by atoms with Gasteiger partial charge in [0, 0.05) is 21.7 Å². The number of carboxylic acid groups (broad SMARTS) is 1. The van der Waals surface area contributed by atoms with Crippen LogP contribution in [0.25, 0.3) is 17.5 Å². The van der Waals surface area contributed by atoms with Crippen LogP contribution in [0, 0.1) is 0 Å². The van der Waals surface area contributed by atoms with Crippen molar-refractivity contribution in [3.63, 3.8) is 0 Å². The van der Waals surface area contributed by atoms with Crippen LogP contribution in [0.2, 0.25) is 0 Å². The molecule has 2 aromatic carbocycles. The van der Waals surface area contributed by atoms with E-state index in [1.54, 1.807) is 30.3 Å². The molecule has 3 rings (SSSR count). The van der Waals surface area contributed by atoms with E-state index in [9.17, 15) is 15.0 Å². The minimum absolute atomic E-state index is 0.0323. The van der Waals surface area contributed by atoms with Gasteiger partial charge in [0.1, 0.15) is 22.2 Å². The molecule has 10 heteroatoms. The number of nitrogens with zero attached hydrogens (tertiary/aromatic N) is 2. The van der Waals surface area contributed by atoms with Crippen molar-refractivity contribution in [2.75, 3.05) is 14.2 Å². The van der Waals surface area contributed by atoms with Gasteiger partial charge in [0.2, 0.25) is 5.89 Å². The lowest BCUT2D eigenvalue weighted by molar-refractivity contribution is -0.131. The van der Waals surface area contributed by atoms with Crippen LogP contribution in [-0.2, 0) is 4.79 Å². The van der Waals surface area contributed by atoms with Gasteiger partial charge in [0.05, 0.1) is 14.2 Å². The van der Waals surface area contributed by atoms with E-state index in [4.69, 9.17) is 13.9 Å². The topological polar surface area (TPSA) is 115 Å². The molecule has 0 atom stereocenters. The summed E-state index contributed by atoms with van der Waals surface area (Å²) in [6.45, 7) is 0. The van der Waals surface area contributed by atoms with E-state index in [0.717, 1.165) is 11.8 Å². The third-order valence-electron chi connectivity index (χ3n) is 3.69. The number of aromatic nitrogens is 2. The molecule has 0 amide bonds. The van der Waals surface area contributed by atoms with E-state index in [1.807, 2.05) is 0 Å². The van der Waals surface area contributed by atoms with Crippen molar-refractivity contribution in [2.45, 2.75) is 5.22 Å². The summed E-state index contributed by atoms with van der Waals surface area (Å²) in [4.78, 5) is 11.5. The van der Waals surface area contributed by atoms with E-state index in [1.165, 1.54) is 26.4 Å². The first kappa shape index (κ1) is 20.7. The number of methoxy groups -OCH3 is 2. The summed E-state index contributed by atoms with van der Waals surface area (Å²) in [6.07, 6.45) is 1.32. The molecular weight excluding hydrogens is 464 g/mol. The van der Waals surface area contributed by atoms with E-state index in [-0.39, 0.29) is 21.8 Å². The smallest absolute Gasteiger partial charge is 0.342 e. The average molecular weight is 479 g/mol. The number of ether oxygens (including phenoxy) is 2. The van der Waals surface area contributed by atoms with Crippen LogP contribution in [0.4, 0.5) is 0 Å². The standard InChI is InChI=1S/C19H15BrN2O6S/c1-26-13-6-11(7-14(9-13)27-2)17-21-22-19(28-17)29-16(18(24)25)8-10-5-12(20)3-4-15(10)23/h3-9,23H,1-2H3,(H,24,25)/b16-8-. The zero-order valence-electron chi connectivity index (χ0n) is 15.2. The molecule has 0 saturated heterocycles. The van der Waals surface area contributed by atoms with Gasteiger partial charge in [-0.3, -0.25) is 0 Å². The number of carbonyl (C=O) groups is 1. The first-order chi connectivity index (χ1) is 13.9. The van der Waals surface area contributed by atoms with Crippen LogP contribution in [-0.4, -0.2) is 40.6 Å². The molecule has 1 aromatic heterocycles. The predicted molar refractivity (Wildman–Crippen MR) is 110 cm³/mol. The molecule has 0 radical (unpaired) electrons. The highest BCUT2D eigenvalue weighted by Crippen LogP contribution is 2.34. The van der Waals surface area contributed by atoms with Crippen molar-refractivity contribution in [1.29, 1.82) is 0 Å². The Kier molecular flexibility index (Phi) is 6.45. The summed E-state index contributed by atoms with van der Waals surface area (Å²) in [7, 11) is 3.05. The molecule has 1 heterocycles. The van der Waals surface area contributed by atoms with Gasteiger partial charge in [0.15, 0.2) is 0 Å². The Morgan fingerprint density at radius 1 is 1.14 bits per heavy atom. The second-order valence-corrected chi connectivity index (χ2v) is 7.50. The molecule has 0 aliphatic carbocycles. The third-order valence-corrected chi connectivity index (χ3v) is 5.03. The zero-order valence-corrected chi connectivity index (χ0v) is 17.7. The molecule has 150 valence electrons. The van der Waals surface area contributed by atoms with Gasteiger partial charge in [0.25, 0.3) is 5.22 Å². The Hall–Kier alpha value is -2.98. The highest BCUT2D eigenvalue weighted by molar-refractivity contribution is 9.10. The van der Waals surface area contributed by atoms with Crippen LogP contribution in [0.5, 0.6) is 17.2 Å². The van der Waals surface area contributed by atoms with Gasteiger partial charge in [-0.25, -0.2) is 4.79 Å². The molecule has 2 N–H and O–H groups in total. The number of aliphatic carboxylic acids is 1. The van der Waals surface area contributed by atoms with Crippen molar-refractivity contribution >= 4 is 39.7 Å². The number of benzene rings is 2. The lowest BCUT2D eigenvalue weighted by Crippen LogP contribution is -1.97. The lowest BCUT2D eigenvalue weighted by atomic mass is 10.2. The molecule has 0 fully saturated rings. The predicted octanol–water partition coefficient (Wildman–Crippen LogP) is 4.44. The summed E-state index contributed by atoms with van der Waals surface area (Å²) in [5.74, 6) is 0.0187. The van der Waals surface area contributed by atoms with Crippen LogP contribution in [0.15, 0.2) is 55.4 Å². The summed E-state index contributed by atoms with van der Waals surface area (Å²) in [5.41, 5.74) is 0.896. The Bertz CT molecular complexity index is 1060. The van der Waals surface area contributed by atoms with Crippen molar-refractivity contribution in [1.82, 2.24) is 10.2 Å². The molecule has 0 saturated carbocycles. The van der Waals surface area contributed by atoms with Crippen LogP contribution >= 0.6 is 27.7 Å². The van der Waals surface area contributed by atoms with Crippen molar-refractivity contribution in [2.24, 2.45) is 0 Å². The number of hydrogen-bond donors (Lipinski definition) is 2. The number of phenolic OH excluding ortho intramolecular Hbond substituents is 1. The minimum Gasteiger partial charge on any atom is -0.507 e. The maximum absolute atomic E-state index is 11.6. The van der Waals surface area contributed by atoms with Gasteiger partial charge < -0.3 is 24.1 Å². The van der Waals surface area contributed by atoms with Crippen molar-refractivity contribution < 1.29 is 28.9 Å². The summed E-state index contributed by atoms with van der Waals surface area (Å²) in [6, 6.07) is 9.79. The summed E-state index contributed by atoms with van der Waals surface area (Å²) >= 11 is 4.06. The Balaban J connectivity index is 1.90. The monoisotopic (exact) mass is 478 g/mol. The second-order valence-electron chi connectivity index (χ2n) is 5.59. The number of hydrogen-bond acceptors (Lipinski definition) is 8. The average Bonchev–Trinajstić information content (AvgIpc) is 3.18. The SMILES string of the molecule is COc1cc(OC)cc(-c2nnc(S/C(=C\c3cc(Br)ccc3O)C(=O)O)o2)c1. The molecule has 0 aliphatic rings. The summed E-state index contributed by atoms with van der Waals surface area (Å²) < 4.78 is 16.7. The number of phenols is 1. The second kappa shape index (κ2) is 9.01. The number of rotatable bonds is 7. The highest BCUT2D eigenvalue weighted by Gasteiger charge is 2.17. The van der Waals surface area contributed by atoms with Crippen molar-refractivity contribution in [3.8, 4) is 28.7 Å². The Labute approximate surface area is 178 Å². The van der Waals surface area contributed by atoms with E-state index in [0.29, 0.717) is 27.1 Å². The van der Waals surface area contributed by atoms with Gasteiger partial charge in [-0.15, -0.1) is 10.2 Å². The third kappa shape index (κ3) is 5.09. The molecule has 0 bridgehead atoms. The molecule has 0 spiro atoms. The normalized spacial score (nSPS) is 11.3. The van der Waals surface area contributed by atoms with E-state index < -0.39 is 5.97 Å². The van der Waals surface area contributed by atoms with Gasteiger partial charge in [-0.2, -0.15) is 0 Å². The fourth-order valence-electron chi connectivity index (χ4n) is 2.31. The maximum Gasteiger partial charge on any atom is 0.342 e. The Morgan fingerprint density at radius 3 is 2.45 bits per heavy atom. The quantitative estimate of drug-likeness (QED) is 0.375. The Morgan fingerprint density at radius 2 is 1.83 bits per heavy atom. The fourth-order valence-corrected chi connectivity index (χ4v) is 3.35. The van der Waals surface area contributed by atoms with Crippen LogP contribution in [0.3, 0.4) is 0 Å². The van der Waals surface area contributed by atoms with Crippen LogP contribution in [0.1, 0.15) is 5.56 Å². The number of thioether (sulfide) groups is 1. The van der Waals surface area contributed by atoms with E-state index in [2.05, 4.69) is 26.1 Å². The minimum atomic E-state index is -1.20. The first-order valence-electron chi connectivity index (χ1n) is 8.08. The number of halogens is 1. The molecule has 0 unspecified atom stereocenters. The van der Waals surface area contributed by atoms with Crippen molar-refractivity contribution in [3.05, 3.63) is 51.3 Å². The molecule has 29 heavy (non-hydrogen) atoms. The van der Waals surface area contributed by atoms with Crippen LogP contribution < -0.4 is 9.47 Å². The number of aromatic hydroxyl groups is 1. The molecular formula is C19H15BrN2O6S. The fraction of sp³-hybridized carbons (Fsp3) is 0.105. The lowest BCUT2D eigenvalue weighted by Gasteiger charge is -2.05. The zero-order chi connectivity index (χ0) is 21.0. The molecule has 8 nitrogen and oxygen atoms in total. The van der Waals surface area contributed by atoms with Gasteiger partial charge in [-0.05, 0) is 48.2 Å². The first-order valence-corrected chi connectivity index (χ1v) is 9.69. The maximum atomic E-state index is 11.6. The highest BCUT2D eigenvalue weighted by atomic mass is 79.9. The van der Waals surface area contributed by atoms with E-state index >= 15 is 0 Å². The molecule has 3 aromatic rings. The number of carboxylic acids is 1. The summed E-state index contributed by atoms with van der Waals surface area (Å²) in [5, 5.41) is 27.3. The van der Waals surface area contributed by atoms with Gasteiger partial charge in [-0.1, -0.05) is 15.9 Å². The largest absolute Gasteiger partial charge is 0.507 e.